The summed E-state index contributed by atoms with van der Waals surface area (Å²) in [7, 11) is -1.36. The normalized spacial score (nSPS) is 15.0. The zero-order chi connectivity index (χ0) is 20.7. The van der Waals surface area contributed by atoms with Gasteiger partial charge in [-0.15, -0.1) is 0 Å². The Hall–Kier alpha value is -1.95. The Morgan fingerprint density at radius 3 is 2.57 bits per heavy atom. The topological polar surface area (TPSA) is 111 Å². The number of carbonyl (C=O) groups excluding carboxylic acids is 1. The van der Waals surface area contributed by atoms with Crippen LogP contribution >= 0.6 is 12.2 Å². The summed E-state index contributed by atoms with van der Waals surface area (Å²) in [6.07, 6.45) is 3.73. The first-order chi connectivity index (χ1) is 13.2. The van der Waals surface area contributed by atoms with Gasteiger partial charge in [0, 0.05) is 26.6 Å². The van der Waals surface area contributed by atoms with Gasteiger partial charge < -0.3 is 10.1 Å². The number of benzene rings is 1. The van der Waals surface area contributed by atoms with Crippen LogP contribution in [0.5, 0.6) is 5.75 Å². The summed E-state index contributed by atoms with van der Waals surface area (Å²) < 4.78 is 38.4. The molecule has 11 heteroatoms. The lowest BCUT2D eigenvalue weighted by molar-refractivity contribution is -0.140. The number of nitrogens with one attached hydrogen (secondary N) is 2. The molecule has 28 heavy (non-hydrogen) atoms. The second-order valence-electron chi connectivity index (χ2n) is 6.39. The maximum atomic E-state index is 12.8. The van der Waals surface area contributed by atoms with Crippen LogP contribution in [0.3, 0.4) is 0 Å². The molecular weight excluding hydrogens is 404 g/mol. The van der Waals surface area contributed by atoms with Crippen LogP contribution in [-0.4, -0.2) is 61.3 Å². The fraction of sp³-hybridized carbons (Fsp3) is 0.529. The smallest absolute Gasteiger partial charge is 0.357 e. The standard InChI is InChI=1S/C17H26N4O5S2/c1-18-17(27)21(20-10-4-3-5-11-20)16(22)9-7-13-6-8-15(26-2)14(12-13)19-28(23,24)25/h6,8,12,19H,3-5,7,9-11H2,1-2H3,(H,18,27)(H,23,24,25). The lowest BCUT2D eigenvalue weighted by Gasteiger charge is -2.37. The minimum atomic E-state index is -4.44. The van der Waals surface area contributed by atoms with Crippen molar-refractivity contribution in [3.8, 4) is 5.75 Å². The number of carbonyl (C=O) groups is 1. The van der Waals surface area contributed by atoms with Crippen LogP contribution in [0.2, 0.25) is 0 Å². The molecule has 1 heterocycles. The van der Waals surface area contributed by atoms with Crippen molar-refractivity contribution >= 4 is 39.2 Å². The van der Waals surface area contributed by atoms with Gasteiger partial charge >= 0.3 is 10.3 Å². The highest BCUT2D eigenvalue weighted by atomic mass is 32.2. The first-order valence-corrected chi connectivity index (χ1v) is 10.8. The molecule has 1 aromatic carbocycles. The van der Waals surface area contributed by atoms with E-state index in [2.05, 4.69) is 5.32 Å². The van der Waals surface area contributed by atoms with Gasteiger partial charge in [-0.05, 0) is 49.2 Å². The molecule has 0 atom stereocenters. The van der Waals surface area contributed by atoms with E-state index in [-0.39, 0.29) is 23.8 Å². The minimum absolute atomic E-state index is 0.105. The molecular formula is C17H26N4O5S2. The molecule has 0 aromatic heterocycles. The van der Waals surface area contributed by atoms with E-state index in [1.807, 2.05) is 9.73 Å². The van der Waals surface area contributed by atoms with Crippen LogP contribution in [0.25, 0.3) is 0 Å². The fourth-order valence-electron chi connectivity index (χ4n) is 3.07. The van der Waals surface area contributed by atoms with Gasteiger partial charge in [-0.2, -0.15) is 8.42 Å². The molecule has 0 spiro atoms. The summed E-state index contributed by atoms with van der Waals surface area (Å²) in [6, 6.07) is 4.85. The number of hydrogen-bond donors (Lipinski definition) is 3. The number of hydrazine groups is 1. The Bertz CT molecular complexity index is 810. The zero-order valence-corrected chi connectivity index (χ0v) is 17.6. The van der Waals surface area contributed by atoms with Crippen LogP contribution in [0.15, 0.2) is 18.2 Å². The van der Waals surface area contributed by atoms with E-state index >= 15 is 0 Å². The number of nitrogens with zero attached hydrogens (tertiary/aromatic N) is 2. The fourth-order valence-corrected chi connectivity index (χ4v) is 3.72. The van der Waals surface area contributed by atoms with Crippen LogP contribution in [0, 0.1) is 0 Å². The summed E-state index contributed by atoms with van der Waals surface area (Å²) in [4.78, 5) is 12.8. The molecule has 1 aliphatic heterocycles. The largest absolute Gasteiger partial charge is 0.495 e. The molecule has 0 saturated carbocycles. The van der Waals surface area contributed by atoms with Gasteiger partial charge in [0.1, 0.15) is 5.75 Å². The van der Waals surface area contributed by atoms with E-state index < -0.39 is 10.3 Å². The average Bonchev–Trinajstić information content (AvgIpc) is 2.66. The van der Waals surface area contributed by atoms with Crippen molar-refractivity contribution in [3.63, 3.8) is 0 Å². The highest BCUT2D eigenvalue weighted by Crippen LogP contribution is 2.27. The average molecular weight is 431 g/mol. The first-order valence-electron chi connectivity index (χ1n) is 8.97. The van der Waals surface area contributed by atoms with Gasteiger partial charge in [0.15, 0.2) is 5.11 Å². The summed E-state index contributed by atoms with van der Waals surface area (Å²) in [5.41, 5.74) is 0.822. The number of methoxy groups -OCH3 is 1. The summed E-state index contributed by atoms with van der Waals surface area (Å²) in [5, 5.41) is 6.71. The maximum absolute atomic E-state index is 12.8. The second kappa shape index (κ2) is 10.0. The van der Waals surface area contributed by atoms with E-state index in [1.165, 1.54) is 18.2 Å². The monoisotopic (exact) mass is 430 g/mol. The zero-order valence-electron chi connectivity index (χ0n) is 16.0. The molecule has 3 N–H and O–H groups in total. The van der Waals surface area contributed by atoms with Gasteiger partial charge in [-0.1, -0.05) is 12.5 Å². The molecule has 2 rings (SSSR count). The molecule has 1 aliphatic rings. The lowest BCUT2D eigenvalue weighted by atomic mass is 10.1. The van der Waals surface area contributed by atoms with Crippen molar-refractivity contribution in [1.82, 2.24) is 15.3 Å². The summed E-state index contributed by atoms with van der Waals surface area (Å²) in [6.45, 7) is 1.55. The Balaban J connectivity index is 2.11. The minimum Gasteiger partial charge on any atom is -0.495 e. The Morgan fingerprint density at radius 2 is 2.00 bits per heavy atom. The number of thiocarbonyl (C=S) groups is 1. The molecule has 1 aromatic rings. The van der Waals surface area contributed by atoms with Crippen LogP contribution < -0.4 is 14.8 Å². The van der Waals surface area contributed by atoms with Crippen molar-refractivity contribution in [2.75, 3.05) is 32.0 Å². The van der Waals surface area contributed by atoms with Crippen molar-refractivity contribution in [1.29, 1.82) is 0 Å². The van der Waals surface area contributed by atoms with Gasteiger partial charge in [-0.25, -0.2) is 10.0 Å². The maximum Gasteiger partial charge on any atom is 0.357 e. The van der Waals surface area contributed by atoms with E-state index in [0.29, 0.717) is 17.1 Å². The molecule has 0 bridgehead atoms. The molecule has 0 unspecified atom stereocenters. The van der Waals surface area contributed by atoms with Crippen LogP contribution in [-0.2, 0) is 21.5 Å². The number of anilines is 1. The Morgan fingerprint density at radius 1 is 1.32 bits per heavy atom. The quantitative estimate of drug-likeness (QED) is 0.442. The predicted molar refractivity (Wildman–Crippen MR) is 110 cm³/mol. The van der Waals surface area contributed by atoms with Crippen molar-refractivity contribution in [2.24, 2.45) is 0 Å². The Kier molecular flexibility index (Phi) is 7.98. The molecule has 1 fully saturated rings. The van der Waals surface area contributed by atoms with E-state index in [4.69, 9.17) is 21.5 Å². The van der Waals surface area contributed by atoms with Gasteiger partial charge in [0.2, 0.25) is 5.91 Å². The van der Waals surface area contributed by atoms with Gasteiger partial charge in [0.25, 0.3) is 0 Å². The Labute approximate surface area is 170 Å². The molecule has 156 valence electrons. The molecule has 9 nitrogen and oxygen atoms in total. The van der Waals surface area contributed by atoms with Crippen LogP contribution in [0.1, 0.15) is 31.2 Å². The van der Waals surface area contributed by atoms with Crippen molar-refractivity contribution in [2.45, 2.75) is 32.1 Å². The van der Waals surface area contributed by atoms with Crippen LogP contribution in [0.4, 0.5) is 5.69 Å². The lowest BCUT2D eigenvalue weighted by Crippen LogP contribution is -2.54. The van der Waals surface area contributed by atoms with E-state index in [0.717, 1.165) is 32.4 Å². The number of rotatable bonds is 7. The van der Waals surface area contributed by atoms with Gasteiger partial charge in [0.05, 0.1) is 12.8 Å². The molecule has 1 saturated heterocycles. The summed E-state index contributed by atoms with van der Waals surface area (Å²) in [5.74, 6) is 0.125. The first kappa shape index (κ1) is 22.3. The van der Waals surface area contributed by atoms with E-state index in [9.17, 15) is 13.2 Å². The third-order valence-electron chi connectivity index (χ3n) is 4.39. The van der Waals surface area contributed by atoms with Gasteiger partial charge in [-0.3, -0.25) is 14.1 Å². The molecule has 0 radical (unpaired) electrons. The number of hydrogen-bond acceptors (Lipinski definition) is 6. The number of aryl methyl sites for hydroxylation is 1. The third kappa shape index (κ3) is 6.30. The SMILES string of the molecule is CNC(=S)N(C(=O)CCc1ccc(OC)c(NS(=O)(=O)O)c1)N1CCCCC1. The van der Waals surface area contributed by atoms with Crippen molar-refractivity contribution < 1.29 is 22.5 Å². The number of ether oxygens (including phenoxy) is 1. The molecule has 1 amide bonds. The highest BCUT2D eigenvalue weighted by Gasteiger charge is 2.26. The van der Waals surface area contributed by atoms with E-state index in [1.54, 1.807) is 19.2 Å². The van der Waals surface area contributed by atoms with Crippen molar-refractivity contribution in [3.05, 3.63) is 23.8 Å². The number of piperidine rings is 1. The summed E-state index contributed by atoms with van der Waals surface area (Å²) >= 11 is 5.31. The highest BCUT2D eigenvalue weighted by molar-refractivity contribution is 7.87. The second-order valence-corrected chi connectivity index (χ2v) is 7.93. The predicted octanol–water partition coefficient (Wildman–Crippen LogP) is 1.58. The number of amides is 1. The molecule has 0 aliphatic carbocycles. The third-order valence-corrected chi connectivity index (χ3v) is 5.24.